The van der Waals surface area contributed by atoms with Crippen LogP contribution in [0.15, 0.2) is 11.4 Å². The molecule has 1 aromatic rings. The van der Waals surface area contributed by atoms with E-state index in [1.165, 1.54) is 25.0 Å². The maximum absolute atomic E-state index is 11.2. The molecule has 13 heavy (non-hydrogen) atoms. The molecule has 1 aromatic heterocycles. The van der Waals surface area contributed by atoms with Gasteiger partial charge in [-0.3, -0.25) is 4.79 Å². The highest BCUT2D eigenvalue weighted by Gasteiger charge is 2.10. The van der Waals surface area contributed by atoms with E-state index in [1.807, 2.05) is 6.26 Å². The van der Waals surface area contributed by atoms with E-state index in [0.717, 1.165) is 0 Å². The van der Waals surface area contributed by atoms with Gasteiger partial charge in [0, 0.05) is 7.05 Å². The van der Waals surface area contributed by atoms with Gasteiger partial charge in [-0.2, -0.15) is 0 Å². The summed E-state index contributed by atoms with van der Waals surface area (Å²) >= 11 is 1.36. The fraction of sp³-hybridized carbons (Fsp3) is 0.286. The van der Waals surface area contributed by atoms with Crippen molar-refractivity contribution in [2.75, 3.05) is 19.0 Å². The Bertz CT molecular complexity index is 328. The molecule has 70 valence electrons. The molecule has 1 amide bonds. The van der Waals surface area contributed by atoms with Crippen LogP contribution < -0.4 is 11.1 Å². The topological polar surface area (TPSA) is 80.9 Å². The lowest BCUT2D eigenvalue weighted by molar-refractivity contribution is 0.0958. The van der Waals surface area contributed by atoms with Gasteiger partial charge in [-0.1, -0.05) is 11.8 Å². The Morgan fingerprint density at radius 3 is 2.92 bits per heavy atom. The van der Waals surface area contributed by atoms with Crippen molar-refractivity contribution in [1.82, 2.24) is 15.3 Å². The lowest BCUT2D eigenvalue weighted by Gasteiger charge is -2.03. The van der Waals surface area contributed by atoms with Crippen molar-refractivity contribution in [2.45, 2.75) is 5.16 Å². The first kappa shape index (κ1) is 9.79. The normalized spacial score (nSPS) is 9.69. The van der Waals surface area contributed by atoms with E-state index in [1.54, 1.807) is 0 Å². The highest BCUT2D eigenvalue weighted by atomic mass is 32.2. The Labute approximate surface area is 80.1 Å². The number of nitrogens with zero attached hydrogens (tertiary/aromatic N) is 2. The quantitative estimate of drug-likeness (QED) is 0.522. The summed E-state index contributed by atoms with van der Waals surface area (Å²) in [5.41, 5.74) is 6.04. The number of hydrogen-bond acceptors (Lipinski definition) is 5. The van der Waals surface area contributed by atoms with Gasteiger partial charge in [0.05, 0.1) is 11.9 Å². The molecule has 0 fully saturated rings. The number of carbonyl (C=O) groups excluding carboxylic acids is 1. The van der Waals surface area contributed by atoms with Crippen LogP contribution in [-0.4, -0.2) is 29.2 Å². The Morgan fingerprint density at radius 1 is 1.69 bits per heavy atom. The van der Waals surface area contributed by atoms with Crippen molar-refractivity contribution in [2.24, 2.45) is 0 Å². The van der Waals surface area contributed by atoms with Crippen LogP contribution in [0.5, 0.6) is 0 Å². The van der Waals surface area contributed by atoms with Crippen molar-refractivity contribution in [3.63, 3.8) is 0 Å². The number of rotatable bonds is 2. The molecule has 5 nitrogen and oxygen atoms in total. The van der Waals surface area contributed by atoms with Crippen LogP contribution >= 0.6 is 11.8 Å². The minimum Gasteiger partial charge on any atom is -0.396 e. The molecule has 3 N–H and O–H groups in total. The molecule has 0 aliphatic heterocycles. The third kappa shape index (κ3) is 2.09. The smallest absolute Gasteiger partial charge is 0.271 e. The molecule has 1 rings (SSSR count). The SMILES string of the molecule is CNC(=O)c1nc(SC)ncc1N. The van der Waals surface area contributed by atoms with E-state index in [9.17, 15) is 4.79 Å². The van der Waals surface area contributed by atoms with Gasteiger partial charge < -0.3 is 11.1 Å². The number of amides is 1. The van der Waals surface area contributed by atoms with Crippen LogP contribution in [0.25, 0.3) is 0 Å². The summed E-state index contributed by atoms with van der Waals surface area (Å²) in [7, 11) is 1.53. The number of thioether (sulfide) groups is 1. The second kappa shape index (κ2) is 4.08. The van der Waals surface area contributed by atoms with E-state index in [2.05, 4.69) is 15.3 Å². The number of nitrogens with two attached hydrogens (primary N) is 1. The molecular weight excluding hydrogens is 188 g/mol. The maximum Gasteiger partial charge on any atom is 0.271 e. The number of carbonyl (C=O) groups is 1. The summed E-state index contributed by atoms with van der Waals surface area (Å²) in [5.74, 6) is -0.296. The van der Waals surface area contributed by atoms with E-state index in [4.69, 9.17) is 5.73 Å². The van der Waals surface area contributed by atoms with Gasteiger partial charge in [0.15, 0.2) is 10.9 Å². The molecule has 0 saturated carbocycles. The summed E-state index contributed by atoms with van der Waals surface area (Å²) in [6, 6.07) is 0. The van der Waals surface area contributed by atoms with Crippen LogP contribution in [-0.2, 0) is 0 Å². The highest BCUT2D eigenvalue weighted by molar-refractivity contribution is 7.98. The average Bonchev–Trinajstić information content (AvgIpc) is 2.17. The summed E-state index contributed by atoms with van der Waals surface area (Å²) in [6.45, 7) is 0. The van der Waals surface area contributed by atoms with E-state index in [0.29, 0.717) is 5.16 Å². The van der Waals surface area contributed by atoms with Crippen LogP contribution in [0.2, 0.25) is 0 Å². The zero-order valence-corrected chi connectivity index (χ0v) is 8.18. The van der Waals surface area contributed by atoms with E-state index < -0.39 is 0 Å². The molecule has 0 atom stereocenters. The maximum atomic E-state index is 11.2. The number of nitrogen functional groups attached to an aromatic ring is 1. The third-order valence-corrected chi connectivity index (χ3v) is 1.98. The predicted molar refractivity (Wildman–Crippen MR) is 51.6 cm³/mol. The number of aromatic nitrogens is 2. The number of hydrogen-bond donors (Lipinski definition) is 2. The highest BCUT2D eigenvalue weighted by Crippen LogP contribution is 2.12. The van der Waals surface area contributed by atoms with Gasteiger partial charge in [0.25, 0.3) is 5.91 Å². The second-order valence-electron chi connectivity index (χ2n) is 2.24. The first-order chi connectivity index (χ1) is 6.19. The molecule has 0 spiro atoms. The van der Waals surface area contributed by atoms with Gasteiger partial charge in [0.2, 0.25) is 0 Å². The van der Waals surface area contributed by atoms with Crippen molar-refractivity contribution in [1.29, 1.82) is 0 Å². The molecule has 0 unspecified atom stereocenters. The minimum atomic E-state index is -0.296. The first-order valence-electron chi connectivity index (χ1n) is 3.57. The fourth-order valence-electron chi connectivity index (χ4n) is 0.774. The Hall–Kier alpha value is -1.30. The minimum absolute atomic E-state index is 0.224. The summed E-state index contributed by atoms with van der Waals surface area (Å²) in [6.07, 6.45) is 3.27. The molecule has 0 bridgehead atoms. The summed E-state index contributed by atoms with van der Waals surface area (Å²) in [4.78, 5) is 19.1. The van der Waals surface area contributed by atoms with Gasteiger partial charge in [-0.05, 0) is 6.26 Å². The molecule has 0 radical (unpaired) electrons. The van der Waals surface area contributed by atoms with Crippen LogP contribution in [0.4, 0.5) is 5.69 Å². The largest absolute Gasteiger partial charge is 0.396 e. The number of nitrogens with one attached hydrogen (secondary N) is 1. The molecule has 6 heteroatoms. The monoisotopic (exact) mass is 198 g/mol. The molecule has 0 saturated heterocycles. The zero-order chi connectivity index (χ0) is 9.84. The van der Waals surface area contributed by atoms with Crippen LogP contribution in [0.1, 0.15) is 10.5 Å². The Kier molecular flexibility index (Phi) is 3.07. The first-order valence-corrected chi connectivity index (χ1v) is 4.80. The predicted octanol–water partition coefficient (Wildman–Crippen LogP) is 0.140. The van der Waals surface area contributed by atoms with Gasteiger partial charge in [-0.15, -0.1) is 0 Å². The molecule has 0 aliphatic rings. The van der Waals surface area contributed by atoms with Crippen LogP contribution in [0, 0.1) is 0 Å². The van der Waals surface area contributed by atoms with E-state index >= 15 is 0 Å². The zero-order valence-electron chi connectivity index (χ0n) is 7.37. The van der Waals surface area contributed by atoms with Crippen molar-refractivity contribution in [3.05, 3.63) is 11.9 Å². The Morgan fingerprint density at radius 2 is 2.38 bits per heavy atom. The lowest BCUT2D eigenvalue weighted by atomic mass is 10.3. The third-order valence-electron chi connectivity index (χ3n) is 1.42. The molecular formula is C7H10N4OS. The fourth-order valence-corrected chi connectivity index (χ4v) is 1.11. The average molecular weight is 198 g/mol. The van der Waals surface area contributed by atoms with Gasteiger partial charge in [0.1, 0.15) is 0 Å². The van der Waals surface area contributed by atoms with Gasteiger partial charge in [-0.25, -0.2) is 9.97 Å². The second-order valence-corrected chi connectivity index (χ2v) is 3.01. The molecule has 1 heterocycles. The van der Waals surface area contributed by atoms with Crippen LogP contribution in [0.3, 0.4) is 0 Å². The Balaban J connectivity index is 3.11. The van der Waals surface area contributed by atoms with E-state index in [-0.39, 0.29) is 17.3 Å². The lowest BCUT2D eigenvalue weighted by Crippen LogP contribution is -2.21. The summed E-state index contributed by atoms with van der Waals surface area (Å²) < 4.78 is 0. The van der Waals surface area contributed by atoms with Crippen molar-refractivity contribution < 1.29 is 4.79 Å². The van der Waals surface area contributed by atoms with Gasteiger partial charge >= 0.3 is 0 Å². The molecule has 0 aliphatic carbocycles. The van der Waals surface area contributed by atoms with Crippen molar-refractivity contribution in [3.8, 4) is 0 Å². The molecule has 0 aromatic carbocycles. The van der Waals surface area contributed by atoms with Crippen molar-refractivity contribution >= 4 is 23.4 Å². The number of anilines is 1. The standard InChI is InChI=1S/C7H10N4OS/c1-9-6(12)5-4(8)3-10-7(11-5)13-2/h3H,8H2,1-2H3,(H,9,12). The summed E-state index contributed by atoms with van der Waals surface area (Å²) in [5, 5.41) is 2.99.